The van der Waals surface area contributed by atoms with E-state index in [1.807, 2.05) is 13.0 Å². The van der Waals surface area contributed by atoms with E-state index in [0.717, 1.165) is 19.3 Å². The molecule has 5 nitrogen and oxygen atoms in total. The summed E-state index contributed by atoms with van der Waals surface area (Å²) in [5.74, 6) is -1.44. The van der Waals surface area contributed by atoms with E-state index in [1.165, 1.54) is 6.92 Å². The summed E-state index contributed by atoms with van der Waals surface area (Å²) in [7, 11) is 0. The fourth-order valence-corrected chi connectivity index (χ4v) is 1.60. The number of nitriles is 1. The fourth-order valence-electron chi connectivity index (χ4n) is 1.60. The van der Waals surface area contributed by atoms with Crippen molar-refractivity contribution in [3.63, 3.8) is 0 Å². The first-order valence-electron chi connectivity index (χ1n) is 5.95. The van der Waals surface area contributed by atoms with Gasteiger partial charge < -0.3 is 10.1 Å². The lowest BCUT2D eigenvalue weighted by atomic mass is 9.98. The molecule has 0 radical (unpaired) electrons. The van der Waals surface area contributed by atoms with E-state index in [0.29, 0.717) is 6.42 Å². The number of rotatable bonds is 6. The van der Waals surface area contributed by atoms with Crippen LogP contribution in [0.15, 0.2) is 0 Å². The molecule has 1 N–H and O–H groups in total. The van der Waals surface area contributed by atoms with Gasteiger partial charge in [-0.25, -0.2) is 0 Å². The molecule has 94 valence electrons. The monoisotopic (exact) mass is 238 g/mol. The van der Waals surface area contributed by atoms with Gasteiger partial charge in [-0.15, -0.1) is 0 Å². The van der Waals surface area contributed by atoms with Gasteiger partial charge in [0.2, 0.25) is 0 Å². The Morgan fingerprint density at radius 1 is 1.53 bits per heavy atom. The van der Waals surface area contributed by atoms with Crippen molar-refractivity contribution in [1.29, 1.82) is 5.26 Å². The lowest BCUT2D eigenvalue weighted by Gasteiger charge is -2.20. The predicted octanol–water partition coefficient (Wildman–Crippen LogP) is 1.14. The van der Waals surface area contributed by atoms with E-state index in [-0.39, 0.29) is 11.9 Å². The Balaban J connectivity index is 2.65. The molecular formula is C12H18N2O3. The third-order valence-electron chi connectivity index (χ3n) is 2.61. The van der Waals surface area contributed by atoms with Crippen molar-refractivity contribution in [2.75, 3.05) is 0 Å². The van der Waals surface area contributed by atoms with Crippen molar-refractivity contribution in [3.8, 4) is 6.07 Å². The maximum Gasteiger partial charge on any atom is 0.303 e. The van der Waals surface area contributed by atoms with Crippen LogP contribution in [0.2, 0.25) is 0 Å². The zero-order valence-electron chi connectivity index (χ0n) is 10.2. The molecular weight excluding hydrogens is 220 g/mol. The van der Waals surface area contributed by atoms with Crippen LogP contribution in [0.4, 0.5) is 0 Å². The second kappa shape index (κ2) is 6.24. The molecule has 0 bridgehead atoms. The molecule has 5 heteroatoms. The standard InChI is InChI=1S/C12H18N2O3/c1-3-4-9(7-13)11(17-8(2)15)12(16)14-10-5-6-10/h9-11H,3-6H2,1-2H3,(H,14,16). The number of nitrogens with one attached hydrogen (secondary N) is 1. The van der Waals surface area contributed by atoms with Gasteiger partial charge in [-0.05, 0) is 19.3 Å². The first-order chi connectivity index (χ1) is 8.08. The minimum atomic E-state index is -0.974. The van der Waals surface area contributed by atoms with Crippen LogP contribution in [0.1, 0.15) is 39.5 Å². The van der Waals surface area contributed by atoms with Crippen LogP contribution in [0.25, 0.3) is 0 Å². The third kappa shape index (κ3) is 4.43. The number of esters is 1. The zero-order chi connectivity index (χ0) is 12.8. The summed E-state index contributed by atoms with van der Waals surface area (Å²) >= 11 is 0. The van der Waals surface area contributed by atoms with Gasteiger partial charge >= 0.3 is 5.97 Å². The smallest absolute Gasteiger partial charge is 0.303 e. The quantitative estimate of drug-likeness (QED) is 0.704. The van der Waals surface area contributed by atoms with Crippen LogP contribution >= 0.6 is 0 Å². The molecule has 0 spiro atoms. The molecule has 2 unspecified atom stereocenters. The molecule has 1 amide bonds. The summed E-state index contributed by atoms with van der Waals surface area (Å²) in [5.41, 5.74) is 0. The molecule has 1 aliphatic rings. The second-order valence-electron chi connectivity index (χ2n) is 4.34. The van der Waals surface area contributed by atoms with Gasteiger partial charge in [0, 0.05) is 13.0 Å². The van der Waals surface area contributed by atoms with Crippen LogP contribution in [-0.4, -0.2) is 24.0 Å². The number of hydrogen-bond donors (Lipinski definition) is 1. The number of amides is 1. The highest BCUT2D eigenvalue weighted by Gasteiger charge is 2.34. The van der Waals surface area contributed by atoms with Crippen LogP contribution in [0.3, 0.4) is 0 Å². The van der Waals surface area contributed by atoms with E-state index in [9.17, 15) is 9.59 Å². The summed E-state index contributed by atoms with van der Waals surface area (Å²) < 4.78 is 4.97. The molecule has 1 fully saturated rings. The highest BCUT2D eigenvalue weighted by molar-refractivity contribution is 5.84. The van der Waals surface area contributed by atoms with Gasteiger partial charge in [0.25, 0.3) is 5.91 Å². The lowest BCUT2D eigenvalue weighted by molar-refractivity contribution is -0.156. The molecule has 0 saturated heterocycles. The van der Waals surface area contributed by atoms with E-state index in [1.54, 1.807) is 0 Å². The van der Waals surface area contributed by atoms with Gasteiger partial charge in [0.15, 0.2) is 6.10 Å². The summed E-state index contributed by atoms with van der Waals surface area (Å²) in [6.45, 7) is 3.17. The van der Waals surface area contributed by atoms with Crippen molar-refractivity contribution < 1.29 is 14.3 Å². The summed E-state index contributed by atoms with van der Waals surface area (Å²) in [6, 6.07) is 2.24. The maximum atomic E-state index is 11.9. The average Bonchev–Trinajstić information content (AvgIpc) is 3.06. The van der Waals surface area contributed by atoms with Crippen molar-refractivity contribution in [2.45, 2.75) is 51.7 Å². The molecule has 1 aliphatic carbocycles. The predicted molar refractivity (Wildman–Crippen MR) is 60.7 cm³/mol. The molecule has 2 atom stereocenters. The Bertz CT molecular complexity index is 331. The lowest BCUT2D eigenvalue weighted by Crippen LogP contribution is -2.42. The zero-order valence-corrected chi connectivity index (χ0v) is 10.2. The van der Waals surface area contributed by atoms with Gasteiger partial charge in [0.05, 0.1) is 12.0 Å². The Morgan fingerprint density at radius 2 is 2.18 bits per heavy atom. The minimum absolute atomic E-state index is 0.196. The second-order valence-corrected chi connectivity index (χ2v) is 4.34. The normalized spacial score (nSPS) is 17.7. The Hall–Kier alpha value is -1.57. The molecule has 0 aliphatic heterocycles. The maximum absolute atomic E-state index is 11.9. The number of hydrogen-bond acceptors (Lipinski definition) is 4. The molecule has 0 aromatic carbocycles. The highest BCUT2D eigenvalue weighted by Crippen LogP contribution is 2.21. The molecule has 0 heterocycles. The van der Waals surface area contributed by atoms with Gasteiger partial charge in [0.1, 0.15) is 0 Å². The first-order valence-corrected chi connectivity index (χ1v) is 5.95. The molecule has 0 aromatic heterocycles. The largest absolute Gasteiger partial charge is 0.451 e. The fraction of sp³-hybridized carbons (Fsp3) is 0.750. The summed E-state index contributed by atoms with van der Waals surface area (Å²) in [5, 5.41) is 11.8. The van der Waals surface area contributed by atoms with E-state index in [2.05, 4.69) is 5.32 Å². The van der Waals surface area contributed by atoms with Crippen LogP contribution in [-0.2, 0) is 14.3 Å². The van der Waals surface area contributed by atoms with Crippen molar-refractivity contribution >= 4 is 11.9 Å². The topological polar surface area (TPSA) is 79.2 Å². The van der Waals surface area contributed by atoms with Gasteiger partial charge in [-0.3, -0.25) is 9.59 Å². The highest BCUT2D eigenvalue weighted by atomic mass is 16.5. The Morgan fingerprint density at radius 3 is 2.59 bits per heavy atom. The van der Waals surface area contributed by atoms with E-state index < -0.39 is 18.0 Å². The van der Waals surface area contributed by atoms with Crippen molar-refractivity contribution in [1.82, 2.24) is 5.32 Å². The van der Waals surface area contributed by atoms with E-state index >= 15 is 0 Å². The number of carbonyl (C=O) groups is 2. The Labute approximate surface area is 101 Å². The Kier molecular flexibility index (Phi) is 4.95. The van der Waals surface area contributed by atoms with Crippen LogP contribution in [0.5, 0.6) is 0 Å². The van der Waals surface area contributed by atoms with E-state index in [4.69, 9.17) is 10.00 Å². The number of nitrogens with zero attached hydrogens (tertiary/aromatic N) is 1. The molecule has 1 saturated carbocycles. The third-order valence-corrected chi connectivity index (χ3v) is 2.61. The van der Waals surface area contributed by atoms with Gasteiger partial charge in [-0.2, -0.15) is 5.26 Å². The molecule has 1 rings (SSSR count). The SMILES string of the molecule is CCCC(C#N)C(OC(C)=O)C(=O)NC1CC1. The van der Waals surface area contributed by atoms with Gasteiger partial charge in [-0.1, -0.05) is 13.3 Å². The van der Waals surface area contributed by atoms with Crippen LogP contribution < -0.4 is 5.32 Å². The summed E-state index contributed by atoms with van der Waals surface area (Å²) in [6.07, 6.45) is 2.27. The van der Waals surface area contributed by atoms with Crippen molar-refractivity contribution in [3.05, 3.63) is 0 Å². The van der Waals surface area contributed by atoms with Crippen LogP contribution in [0, 0.1) is 17.2 Å². The minimum Gasteiger partial charge on any atom is -0.451 e. The molecule has 0 aromatic rings. The van der Waals surface area contributed by atoms with Crippen molar-refractivity contribution in [2.24, 2.45) is 5.92 Å². The average molecular weight is 238 g/mol. The molecule has 17 heavy (non-hydrogen) atoms. The first kappa shape index (κ1) is 13.5. The number of ether oxygens (including phenoxy) is 1. The summed E-state index contributed by atoms with van der Waals surface area (Å²) in [4.78, 5) is 22.8. The number of carbonyl (C=O) groups excluding carboxylic acids is 2.